The number of hydrogen-bond donors (Lipinski definition) is 1. The van der Waals surface area contributed by atoms with Gasteiger partial charge in [-0.05, 0) is 38.3 Å². The number of anilines is 1. The predicted molar refractivity (Wildman–Crippen MR) is 115 cm³/mol. The lowest BCUT2D eigenvalue weighted by atomic mass is 10.2. The molecule has 4 rings (SSSR count). The van der Waals surface area contributed by atoms with Crippen LogP contribution in [0.5, 0.6) is 17.2 Å². The number of pyridine rings is 1. The van der Waals surface area contributed by atoms with Crippen LogP contribution in [0, 0.1) is 0 Å². The second-order valence-corrected chi connectivity index (χ2v) is 7.80. The van der Waals surface area contributed by atoms with Crippen LogP contribution in [0.25, 0.3) is 0 Å². The zero-order chi connectivity index (χ0) is 20.9. The number of ether oxygens (including phenoxy) is 3. The molecule has 7 nitrogen and oxygen atoms in total. The van der Waals surface area contributed by atoms with Crippen LogP contribution < -0.4 is 19.7 Å². The van der Waals surface area contributed by atoms with Crippen LogP contribution >= 0.6 is 0 Å². The van der Waals surface area contributed by atoms with E-state index in [1.165, 1.54) is 12.8 Å². The number of aromatic nitrogens is 1. The summed E-state index contributed by atoms with van der Waals surface area (Å²) in [6.45, 7) is 4.11. The maximum absolute atomic E-state index is 11.9. The summed E-state index contributed by atoms with van der Waals surface area (Å²) in [4.78, 5) is 18.7. The second kappa shape index (κ2) is 9.34. The van der Waals surface area contributed by atoms with Crippen LogP contribution in [0.1, 0.15) is 37.8 Å². The molecule has 1 saturated heterocycles. The number of methoxy groups -OCH3 is 1. The van der Waals surface area contributed by atoms with E-state index in [-0.39, 0.29) is 18.6 Å². The van der Waals surface area contributed by atoms with Gasteiger partial charge in [0.15, 0.2) is 0 Å². The van der Waals surface area contributed by atoms with Crippen molar-refractivity contribution in [3.8, 4) is 17.2 Å². The third kappa shape index (κ3) is 5.21. The van der Waals surface area contributed by atoms with Crippen LogP contribution in [0.15, 0.2) is 36.5 Å². The molecule has 1 aromatic carbocycles. The average molecular weight is 412 g/mol. The van der Waals surface area contributed by atoms with E-state index in [1.807, 2.05) is 37.3 Å². The quantitative estimate of drug-likeness (QED) is 0.681. The molecule has 0 radical (unpaired) electrons. The number of rotatable bonds is 9. The lowest BCUT2D eigenvalue weighted by molar-refractivity contribution is -0.126. The Hall–Kier alpha value is -2.80. The van der Waals surface area contributed by atoms with Crippen molar-refractivity contribution in [1.82, 2.24) is 10.3 Å². The minimum absolute atomic E-state index is 0.0690. The smallest absolute Gasteiger partial charge is 0.246 e. The molecule has 0 bridgehead atoms. The van der Waals surface area contributed by atoms with E-state index >= 15 is 0 Å². The number of nitrogens with one attached hydrogen (secondary N) is 1. The van der Waals surface area contributed by atoms with E-state index in [1.54, 1.807) is 13.3 Å². The number of carbonyl (C=O) groups excluding carboxylic acids is 1. The van der Waals surface area contributed by atoms with E-state index in [0.29, 0.717) is 24.0 Å². The summed E-state index contributed by atoms with van der Waals surface area (Å²) >= 11 is 0. The molecule has 2 fully saturated rings. The SMILES string of the molecule is CCOCC(=O)NC1CCN(c2cc(OC)cc(Oc3ccc(C4CC4)nc3)c2)C1. The summed E-state index contributed by atoms with van der Waals surface area (Å²) in [7, 11) is 1.65. The van der Waals surface area contributed by atoms with Crippen LogP contribution in [0.3, 0.4) is 0 Å². The molecule has 2 heterocycles. The van der Waals surface area contributed by atoms with Gasteiger partial charge in [0, 0.05) is 61.2 Å². The van der Waals surface area contributed by atoms with E-state index in [4.69, 9.17) is 14.2 Å². The van der Waals surface area contributed by atoms with Crippen molar-refractivity contribution in [2.24, 2.45) is 0 Å². The van der Waals surface area contributed by atoms with Gasteiger partial charge in [0.25, 0.3) is 0 Å². The van der Waals surface area contributed by atoms with Crippen LogP contribution in [0.4, 0.5) is 5.69 Å². The molecule has 1 atom stereocenters. The van der Waals surface area contributed by atoms with Crippen molar-refractivity contribution >= 4 is 11.6 Å². The molecule has 1 aromatic heterocycles. The Balaban J connectivity index is 1.41. The number of benzene rings is 1. The lowest BCUT2D eigenvalue weighted by Crippen LogP contribution is -2.39. The molecule has 0 spiro atoms. The zero-order valence-corrected chi connectivity index (χ0v) is 17.6. The minimum atomic E-state index is -0.0690. The van der Waals surface area contributed by atoms with Gasteiger partial charge in [-0.15, -0.1) is 0 Å². The van der Waals surface area contributed by atoms with E-state index in [0.717, 1.165) is 36.6 Å². The van der Waals surface area contributed by atoms with E-state index in [2.05, 4.69) is 15.2 Å². The fourth-order valence-corrected chi connectivity index (χ4v) is 3.70. The van der Waals surface area contributed by atoms with Gasteiger partial charge in [-0.3, -0.25) is 9.78 Å². The molecule has 2 aliphatic rings. The van der Waals surface area contributed by atoms with Gasteiger partial charge in [0.2, 0.25) is 5.91 Å². The van der Waals surface area contributed by atoms with Crippen LogP contribution in [-0.2, 0) is 9.53 Å². The van der Waals surface area contributed by atoms with Gasteiger partial charge in [0.05, 0.1) is 13.3 Å². The first kappa shape index (κ1) is 20.5. The highest BCUT2D eigenvalue weighted by molar-refractivity contribution is 5.77. The minimum Gasteiger partial charge on any atom is -0.497 e. The molecular formula is C23H29N3O4. The summed E-state index contributed by atoms with van der Waals surface area (Å²) in [5.41, 5.74) is 2.15. The van der Waals surface area contributed by atoms with Crippen molar-refractivity contribution in [2.75, 3.05) is 38.3 Å². The molecule has 1 aliphatic heterocycles. The van der Waals surface area contributed by atoms with Crippen molar-refractivity contribution in [3.63, 3.8) is 0 Å². The molecule has 2 aromatic rings. The fourth-order valence-electron chi connectivity index (χ4n) is 3.70. The van der Waals surface area contributed by atoms with Crippen molar-refractivity contribution in [2.45, 2.75) is 38.1 Å². The monoisotopic (exact) mass is 411 g/mol. The number of carbonyl (C=O) groups is 1. The highest BCUT2D eigenvalue weighted by Crippen LogP contribution is 2.39. The van der Waals surface area contributed by atoms with Crippen LogP contribution in [0.2, 0.25) is 0 Å². The fraction of sp³-hybridized carbons (Fsp3) is 0.478. The molecule has 160 valence electrons. The van der Waals surface area contributed by atoms with E-state index in [9.17, 15) is 4.79 Å². The largest absolute Gasteiger partial charge is 0.497 e. The third-order valence-electron chi connectivity index (χ3n) is 5.45. The van der Waals surface area contributed by atoms with Gasteiger partial charge in [-0.2, -0.15) is 0 Å². The van der Waals surface area contributed by atoms with Gasteiger partial charge in [-0.1, -0.05) is 0 Å². The first-order chi connectivity index (χ1) is 14.6. The second-order valence-electron chi connectivity index (χ2n) is 7.80. The Morgan fingerprint density at radius 1 is 1.17 bits per heavy atom. The van der Waals surface area contributed by atoms with Gasteiger partial charge >= 0.3 is 0 Å². The van der Waals surface area contributed by atoms with Gasteiger partial charge < -0.3 is 24.4 Å². The molecule has 1 amide bonds. The topological polar surface area (TPSA) is 72.9 Å². The molecule has 7 heteroatoms. The highest BCUT2D eigenvalue weighted by atomic mass is 16.5. The molecule has 1 unspecified atom stereocenters. The number of nitrogens with zero attached hydrogens (tertiary/aromatic N) is 2. The summed E-state index contributed by atoms with van der Waals surface area (Å²) < 4.78 is 16.7. The normalized spacial score (nSPS) is 18.3. The summed E-state index contributed by atoms with van der Waals surface area (Å²) in [6.07, 6.45) is 5.13. The summed E-state index contributed by atoms with van der Waals surface area (Å²) in [5, 5.41) is 3.04. The lowest BCUT2D eigenvalue weighted by Gasteiger charge is -2.21. The Labute approximate surface area is 177 Å². The van der Waals surface area contributed by atoms with Gasteiger partial charge in [0.1, 0.15) is 23.9 Å². The summed E-state index contributed by atoms with van der Waals surface area (Å²) in [5.74, 6) is 2.70. The Morgan fingerprint density at radius 3 is 2.70 bits per heavy atom. The van der Waals surface area contributed by atoms with Crippen molar-refractivity contribution in [3.05, 3.63) is 42.2 Å². The standard InChI is InChI=1S/C23H29N3O4/c1-3-29-15-23(27)25-17-8-9-26(14-17)18-10-20(28-2)12-21(11-18)30-19-6-7-22(24-13-19)16-4-5-16/h6-7,10-13,16-17H,3-5,8-9,14-15H2,1-2H3,(H,25,27). The van der Waals surface area contributed by atoms with Crippen molar-refractivity contribution < 1.29 is 19.0 Å². The average Bonchev–Trinajstić information content (AvgIpc) is 3.51. The molecule has 30 heavy (non-hydrogen) atoms. The maximum Gasteiger partial charge on any atom is 0.246 e. The Bertz CT molecular complexity index is 867. The zero-order valence-electron chi connectivity index (χ0n) is 17.6. The van der Waals surface area contributed by atoms with Gasteiger partial charge in [-0.25, -0.2) is 0 Å². The third-order valence-corrected chi connectivity index (χ3v) is 5.45. The maximum atomic E-state index is 11.9. The first-order valence-corrected chi connectivity index (χ1v) is 10.6. The molecule has 1 saturated carbocycles. The molecule has 1 N–H and O–H groups in total. The first-order valence-electron chi connectivity index (χ1n) is 10.6. The predicted octanol–water partition coefficient (Wildman–Crippen LogP) is 3.49. The van der Waals surface area contributed by atoms with Crippen molar-refractivity contribution in [1.29, 1.82) is 0 Å². The number of amides is 1. The van der Waals surface area contributed by atoms with E-state index < -0.39 is 0 Å². The Kier molecular flexibility index (Phi) is 6.38. The summed E-state index contributed by atoms with van der Waals surface area (Å²) in [6, 6.07) is 9.99. The number of hydrogen-bond acceptors (Lipinski definition) is 6. The molecule has 1 aliphatic carbocycles. The highest BCUT2D eigenvalue weighted by Gasteiger charge is 2.26. The Morgan fingerprint density at radius 2 is 2.00 bits per heavy atom. The molecular weight excluding hydrogens is 382 g/mol. The van der Waals surface area contributed by atoms with Crippen LogP contribution in [-0.4, -0.2) is 50.3 Å².